The smallest absolute Gasteiger partial charge is 0.315 e. The number of nitrogens with one attached hydrogen (secondary N) is 2. The number of sulfonamides is 1. The Morgan fingerprint density at radius 3 is 2.16 bits per heavy atom. The Morgan fingerprint density at radius 1 is 0.935 bits per heavy atom. The molecule has 0 aliphatic carbocycles. The maximum Gasteiger partial charge on any atom is 0.315 e. The van der Waals surface area contributed by atoms with Crippen LogP contribution in [0.4, 0.5) is 9.18 Å². The third-order valence-electron chi connectivity index (χ3n) is 4.81. The second-order valence-electron chi connectivity index (χ2n) is 6.90. The van der Waals surface area contributed by atoms with Crippen LogP contribution in [0.3, 0.4) is 0 Å². The van der Waals surface area contributed by atoms with Crippen molar-refractivity contribution >= 4 is 33.6 Å². The lowest BCUT2D eigenvalue weighted by molar-refractivity contribution is -0.131. The summed E-state index contributed by atoms with van der Waals surface area (Å²) in [5, 5.41) is 5.51. The summed E-state index contributed by atoms with van der Waals surface area (Å²) in [5.41, 5.74) is 0.723. The first kappa shape index (κ1) is 23.0. The summed E-state index contributed by atoms with van der Waals surface area (Å²) >= 11 is 5.81. The van der Waals surface area contributed by atoms with Crippen LogP contribution in [0.2, 0.25) is 5.02 Å². The van der Waals surface area contributed by atoms with Gasteiger partial charge in [-0.2, -0.15) is 4.31 Å². The summed E-state index contributed by atoms with van der Waals surface area (Å²) in [6, 6.07) is 11.1. The highest BCUT2D eigenvalue weighted by atomic mass is 35.5. The molecule has 31 heavy (non-hydrogen) atoms. The van der Waals surface area contributed by atoms with Crippen molar-refractivity contribution in [2.24, 2.45) is 0 Å². The summed E-state index contributed by atoms with van der Waals surface area (Å²) in [4.78, 5) is 25.9. The molecule has 0 radical (unpaired) electrons. The average Bonchev–Trinajstić information content (AvgIpc) is 2.77. The molecular formula is C20H22ClFN4O4S. The second kappa shape index (κ2) is 10.1. The van der Waals surface area contributed by atoms with Gasteiger partial charge in [0, 0.05) is 37.7 Å². The molecule has 166 valence electrons. The van der Waals surface area contributed by atoms with E-state index in [1.807, 2.05) is 0 Å². The van der Waals surface area contributed by atoms with Gasteiger partial charge < -0.3 is 15.5 Å². The molecule has 1 aliphatic heterocycles. The van der Waals surface area contributed by atoms with Crippen molar-refractivity contribution in [2.45, 2.75) is 11.4 Å². The molecule has 0 atom stereocenters. The number of halogens is 2. The van der Waals surface area contributed by atoms with Crippen molar-refractivity contribution in [1.29, 1.82) is 0 Å². The van der Waals surface area contributed by atoms with E-state index in [0.717, 1.165) is 5.56 Å². The van der Waals surface area contributed by atoms with Gasteiger partial charge in [-0.1, -0.05) is 23.7 Å². The Labute approximate surface area is 185 Å². The molecule has 0 saturated carbocycles. The molecule has 1 saturated heterocycles. The Morgan fingerprint density at radius 2 is 1.55 bits per heavy atom. The Balaban J connectivity index is 1.43. The normalized spacial score (nSPS) is 14.8. The minimum absolute atomic E-state index is 0.149. The Kier molecular flexibility index (Phi) is 7.47. The molecule has 1 heterocycles. The van der Waals surface area contributed by atoms with E-state index in [4.69, 9.17) is 11.6 Å². The van der Waals surface area contributed by atoms with Gasteiger partial charge in [0.15, 0.2) is 0 Å². The van der Waals surface area contributed by atoms with Gasteiger partial charge in [0.2, 0.25) is 15.9 Å². The van der Waals surface area contributed by atoms with E-state index < -0.39 is 16.1 Å². The van der Waals surface area contributed by atoms with E-state index in [1.165, 1.54) is 45.6 Å². The van der Waals surface area contributed by atoms with Crippen molar-refractivity contribution in [2.75, 3.05) is 32.7 Å². The number of piperazine rings is 1. The number of rotatable bonds is 6. The molecule has 8 nitrogen and oxygen atoms in total. The number of benzene rings is 2. The molecule has 0 bridgehead atoms. The van der Waals surface area contributed by atoms with E-state index in [2.05, 4.69) is 10.6 Å². The zero-order chi connectivity index (χ0) is 22.4. The zero-order valence-electron chi connectivity index (χ0n) is 16.6. The van der Waals surface area contributed by atoms with Gasteiger partial charge in [-0.05, 0) is 42.0 Å². The van der Waals surface area contributed by atoms with Crippen LogP contribution in [0, 0.1) is 5.82 Å². The van der Waals surface area contributed by atoms with E-state index in [-0.39, 0.29) is 55.9 Å². The quantitative estimate of drug-likeness (QED) is 0.675. The minimum Gasteiger partial charge on any atom is -0.339 e. The predicted octanol–water partition coefficient (Wildman–Crippen LogP) is 1.81. The molecule has 2 aromatic carbocycles. The van der Waals surface area contributed by atoms with Gasteiger partial charge in [0.1, 0.15) is 5.82 Å². The molecule has 1 fully saturated rings. The lowest BCUT2D eigenvalue weighted by atomic mass is 10.2. The summed E-state index contributed by atoms with van der Waals surface area (Å²) in [7, 11) is -3.66. The largest absolute Gasteiger partial charge is 0.339 e. The lowest BCUT2D eigenvalue weighted by Gasteiger charge is -2.34. The average molecular weight is 469 g/mol. The number of carbonyl (C=O) groups is 2. The van der Waals surface area contributed by atoms with Crippen LogP contribution in [0.1, 0.15) is 5.56 Å². The highest BCUT2D eigenvalue weighted by Gasteiger charge is 2.30. The third-order valence-corrected chi connectivity index (χ3v) is 6.97. The van der Waals surface area contributed by atoms with Gasteiger partial charge in [-0.3, -0.25) is 4.79 Å². The molecule has 0 spiro atoms. The van der Waals surface area contributed by atoms with Crippen LogP contribution in [0.25, 0.3) is 0 Å². The van der Waals surface area contributed by atoms with Crippen LogP contribution >= 0.6 is 11.6 Å². The molecule has 11 heteroatoms. The maximum absolute atomic E-state index is 12.9. The molecule has 1 aliphatic rings. The molecule has 2 N–H and O–H groups in total. The van der Waals surface area contributed by atoms with Crippen LogP contribution in [-0.2, 0) is 21.4 Å². The van der Waals surface area contributed by atoms with Crippen molar-refractivity contribution < 1.29 is 22.4 Å². The molecule has 0 unspecified atom stereocenters. The summed E-state index contributed by atoms with van der Waals surface area (Å²) in [5.74, 6) is -0.666. The first-order valence-corrected chi connectivity index (χ1v) is 11.4. The van der Waals surface area contributed by atoms with Gasteiger partial charge in [0.05, 0.1) is 11.4 Å². The fourth-order valence-electron chi connectivity index (χ4n) is 3.05. The first-order chi connectivity index (χ1) is 14.8. The number of carbonyl (C=O) groups excluding carboxylic acids is 2. The van der Waals surface area contributed by atoms with Crippen molar-refractivity contribution in [3.8, 4) is 0 Å². The van der Waals surface area contributed by atoms with Gasteiger partial charge >= 0.3 is 6.03 Å². The third kappa shape index (κ3) is 6.16. The van der Waals surface area contributed by atoms with Gasteiger partial charge in [0.25, 0.3) is 0 Å². The number of amides is 3. The summed E-state index contributed by atoms with van der Waals surface area (Å²) in [6.45, 7) is 0.761. The topological polar surface area (TPSA) is 98.8 Å². The van der Waals surface area contributed by atoms with Crippen LogP contribution in [0.5, 0.6) is 0 Å². The number of urea groups is 1. The molecule has 2 aromatic rings. The standard InChI is InChI=1S/C20H22ClFN4O4S/c21-16-3-7-18(8-4-16)31(29,30)26-11-9-25(10-12-26)19(27)14-24-20(28)23-13-15-1-5-17(22)6-2-15/h1-8H,9-14H2,(H2,23,24,28). The van der Waals surface area contributed by atoms with Crippen LogP contribution in [-0.4, -0.2) is 62.3 Å². The van der Waals surface area contributed by atoms with E-state index in [9.17, 15) is 22.4 Å². The van der Waals surface area contributed by atoms with E-state index in [0.29, 0.717) is 5.02 Å². The highest BCUT2D eigenvalue weighted by molar-refractivity contribution is 7.89. The van der Waals surface area contributed by atoms with Crippen molar-refractivity contribution in [1.82, 2.24) is 19.8 Å². The van der Waals surface area contributed by atoms with Crippen molar-refractivity contribution in [3.05, 3.63) is 64.9 Å². The summed E-state index contributed by atoms with van der Waals surface area (Å²) < 4.78 is 39.6. The van der Waals surface area contributed by atoms with Crippen LogP contribution < -0.4 is 10.6 Å². The Bertz CT molecular complexity index is 1020. The van der Waals surface area contributed by atoms with E-state index >= 15 is 0 Å². The second-order valence-corrected chi connectivity index (χ2v) is 9.28. The fraction of sp³-hybridized carbons (Fsp3) is 0.300. The van der Waals surface area contributed by atoms with Crippen LogP contribution in [0.15, 0.2) is 53.4 Å². The van der Waals surface area contributed by atoms with E-state index in [1.54, 1.807) is 12.1 Å². The SMILES string of the molecule is O=C(NCC(=O)N1CCN(S(=O)(=O)c2ccc(Cl)cc2)CC1)NCc1ccc(F)cc1. The number of hydrogen-bond acceptors (Lipinski definition) is 4. The first-order valence-electron chi connectivity index (χ1n) is 9.55. The molecular weight excluding hydrogens is 447 g/mol. The van der Waals surface area contributed by atoms with Gasteiger partial charge in [-0.15, -0.1) is 0 Å². The maximum atomic E-state index is 12.9. The van der Waals surface area contributed by atoms with Gasteiger partial charge in [-0.25, -0.2) is 17.6 Å². The molecule has 3 amide bonds. The number of hydrogen-bond donors (Lipinski definition) is 2. The molecule has 0 aromatic heterocycles. The zero-order valence-corrected chi connectivity index (χ0v) is 18.1. The summed E-state index contributed by atoms with van der Waals surface area (Å²) in [6.07, 6.45) is 0. The Hall–Kier alpha value is -2.69. The monoisotopic (exact) mass is 468 g/mol. The number of nitrogens with zero attached hydrogens (tertiary/aromatic N) is 2. The minimum atomic E-state index is -3.66. The predicted molar refractivity (Wildman–Crippen MR) is 113 cm³/mol. The fourth-order valence-corrected chi connectivity index (χ4v) is 4.60. The van der Waals surface area contributed by atoms with Crippen molar-refractivity contribution in [3.63, 3.8) is 0 Å². The lowest BCUT2D eigenvalue weighted by Crippen LogP contribution is -2.53. The highest BCUT2D eigenvalue weighted by Crippen LogP contribution is 2.19. The molecule has 3 rings (SSSR count).